The van der Waals surface area contributed by atoms with Gasteiger partial charge in [-0.2, -0.15) is 0 Å². The van der Waals surface area contributed by atoms with Gasteiger partial charge in [0.2, 0.25) is 5.91 Å². The van der Waals surface area contributed by atoms with Gasteiger partial charge >= 0.3 is 0 Å². The molecule has 0 spiro atoms. The van der Waals surface area contributed by atoms with Gasteiger partial charge in [-0.1, -0.05) is 19.1 Å². The van der Waals surface area contributed by atoms with Crippen LogP contribution in [0.3, 0.4) is 0 Å². The number of hydrogen-bond donors (Lipinski definition) is 0. The van der Waals surface area contributed by atoms with Crippen molar-refractivity contribution in [1.82, 2.24) is 9.80 Å². The lowest BCUT2D eigenvalue weighted by molar-refractivity contribution is -0.133. The van der Waals surface area contributed by atoms with Crippen LogP contribution in [0.1, 0.15) is 19.8 Å². The molecular weight excluding hydrogens is 212 g/mol. The smallest absolute Gasteiger partial charge is 0.236 e. The van der Waals surface area contributed by atoms with Crippen molar-refractivity contribution in [3.63, 3.8) is 0 Å². The minimum atomic E-state index is 0.236. The first kappa shape index (κ1) is 14.0. The van der Waals surface area contributed by atoms with Gasteiger partial charge in [-0.05, 0) is 18.8 Å². The van der Waals surface area contributed by atoms with Crippen molar-refractivity contribution in [2.24, 2.45) is 5.92 Å². The average Bonchev–Trinajstić information content (AvgIpc) is 2.29. The van der Waals surface area contributed by atoms with Crippen molar-refractivity contribution in [2.45, 2.75) is 19.8 Å². The van der Waals surface area contributed by atoms with Crippen molar-refractivity contribution in [1.29, 1.82) is 0 Å². The molecule has 1 amide bonds. The van der Waals surface area contributed by atoms with Gasteiger partial charge in [-0.3, -0.25) is 9.69 Å². The molecule has 3 heteroatoms. The maximum absolute atomic E-state index is 12.1. The third-order valence-corrected chi connectivity index (χ3v) is 3.14. The molecule has 0 radical (unpaired) electrons. The number of likely N-dealkylation sites (tertiary alicyclic amines) is 1. The van der Waals surface area contributed by atoms with Crippen molar-refractivity contribution in [2.75, 3.05) is 32.7 Å². The molecule has 1 rings (SSSR count). The number of hydrogen-bond acceptors (Lipinski definition) is 2. The Morgan fingerprint density at radius 1 is 1.41 bits per heavy atom. The third-order valence-electron chi connectivity index (χ3n) is 3.14. The van der Waals surface area contributed by atoms with Gasteiger partial charge in [0, 0.05) is 26.2 Å². The number of rotatable bonds is 6. The molecule has 1 atom stereocenters. The Labute approximate surface area is 105 Å². The molecule has 17 heavy (non-hydrogen) atoms. The summed E-state index contributed by atoms with van der Waals surface area (Å²) in [4.78, 5) is 16.2. The van der Waals surface area contributed by atoms with Crippen molar-refractivity contribution in [3.05, 3.63) is 25.3 Å². The Kier molecular flexibility index (Phi) is 5.98. The van der Waals surface area contributed by atoms with Crippen LogP contribution >= 0.6 is 0 Å². The van der Waals surface area contributed by atoms with Gasteiger partial charge in [0.05, 0.1) is 6.54 Å². The van der Waals surface area contributed by atoms with Crippen LogP contribution in [0.5, 0.6) is 0 Å². The van der Waals surface area contributed by atoms with Crippen molar-refractivity contribution >= 4 is 5.91 Å². The highest BCUT2D eigenvalue weighted by atomic mass is 16.2. The molecule has 1 unspecified atom stereocenters. The molecular formula is C14H24N2O. The lowest BCUT2D eigenvalue weighted by Gasteiger charge is -2.32. The van der Waals surface area contributed by atoms with Crippen LogP contribution in [-0.2, 0) is 4.79 Å². The highest BCUT2D eigenvalue weighted by Gasteiger charge is 2.21. The largest absolute Gasteiger partial charge is 0.341 e. The quantitative estimate of drug-likeness (QED) is 0.658. The summed E-state index contributed by atoms with van der Waals surface area (Å²) in [5, 5.41) is 0. The van der Waals surface area contributed by atoms with Crippen LogP contribution < -0.4 is 0 Å². The summed E-state index contributed by atoms with van der Waals surface area (Å²) in [6.45, 7) is 13.4. The predicted octanol–water partition coefficient (Wildman–Crippen LogP) is 1.92. The molecule has 3 nitrogen and oxygen atoms in total. The molecule has 1 aliphatic rings. The van der Waals surface area contributed by atoms with Gasteiger partial charge in [0.25, 0.3) is 0 Å². The zero-order valence-electron chi connectivity index (χ0n) is 10.9. The number of carbonyl (C=O) groups excluding carboxylic acids is 1. The molecule has 0 aliphatic carbocycles. The van der Waals surface area contributed by atoms with Gasteiger partial charge in [-0.25, -0.2) is 0 Å². The number of amides is 1. The Bertz CT molecular complexity index is 265. The van der Waals surface area contributed by atoms with Crippen LogP contribution in [-0.4, -0.2) is 48.4 Å². The Hall–Kier alpha value is -1.09. The first-order valence-corrected chi connectivity index (χ1v) is 6.39. The molecule has 1 aliphatic heterocycles. The summed E-state index contributed by atoms with van der Waals surface area (Å²) in [6, 6.07) is 0. The predicted molar refractivity (Wildman–Crippen MR) is 71.8 cm³/mol. The lowest BCUT2D eigenvalue weighted by atomic mass is 10.0. The van der Waals surface area contributed by atoms with Gasteiger partial charge in [0.1, 0.15) is 0 Å². The van der Waals surface area contributed by atoms with Crippen molar-refractivity contribution in [3.8, 4) is 0 Å². The van der Waals surface area contributed by atoms with Crippen LogP contribution in [0.2, 0.25) is 0 Å². The summed E-state index contributed by atoms with van der Waals surface area (Å²) in [6.07, 6.45) is 6.04. The summed E-state index contributed by atoms with van der Waals surface area (Å²) in [7, 11) is 0. The van der Waals surface area contributed by atoms with Gasteiger partial charge < -0.3 is 4.90 Å². The average molecular weight is 236 g/mol. The molecule has 0 bridgehead atoms. The van der Waals surface area contributed by atoms with Gasteiger partial charge in [-0.15, -0.1) is 13.2 Å². The number of piperidine rings is 1. The fourth-order valence-electron chi connectivity index (χ4n) is 2.28. The van der Waals surface area contributed by atoms with Crippen LogP contribution in [0, 0.1) is 5.92 Å². The molecule has 96 valence electrons. The Balaban J connectivity index is 2.44. The molecule has 0 N–H and O–H groups in total. The van der Waals surface area contributed by atoms with E-state index in [1.54, 1.807) is 0 Å². The Morgan fingerprint density at radius 3 is 2.59 bits per heavy atom. The van der Waals surface area contributed by atoms with Gasteiger partial charge in [0.15, 0.2) is 0 Å². The van der Waals surface area contributed by atoms with E-state index in [2.05, 4.69) is 25.0 Å². The summed E-state index contributed by atoms with van der Waals surface area (Å²) < 4.78 is 0. The zero-order valence-corrected chi connectivity index (χ0v) is 10.9. The maximum Gasteiger partial charge on any atom is 0.236 e. The molecule has 1 saturated heterocycles. The minimum Gasteiger partial charge on any atom is -0.341 e. The highest BCUT2D eigenvalue weighted by molar-refractivity contribution is 5.78. The third kappa shape index (κ3) is 4.73. The fraction of sp³-hybridized carbons (Fsp3) is 0.643. The van der Waals surface area contributed by atoms with E-state index in [0.717, 1.165) is 32.6 Å². The molecule has 0 aromatic carbocycles. The normalized spacial score (nSPS) is 20.4. The monoisotopic (exact) mass is 236 g/mol. The first-order chi connectivity index (χ1) is 8.17. The molecule has 0 aromatic rings. The number of nitrogens with zero attached hydrogens (tertiary/aromatic N) is 2. The second kappa shape index (κ2) is 7.28. The first-order valence-electron chi connectivity index (χ1n) is 6.39. The molecule has 0 aromatic heterocycles. The zero-order chi connectivity index (χ0) is 12.7. The highest BCUT2D eigenvalue weighted by Crippen LogP contribution is 2.15. The molecule has 0 saturated carbocycles. The second-order valence-corrected chi connectivity index (χ2v) is 4.86. The number of carbonyl (C=O) groups is 1. The summed E-state index contributed by atoms with van der Waals surface area (Å²) in [5.74, 6) is 0.875. The molecule has 1 fully saturated rings. The van der Waals surface area contributed by atoms with Crippen LogP contribution in [0.4, 0.5) is 0 Å². The Morgan fingerprint density at radius 2 is 2.06 bits per heavy atom. The van der Waals surface area contributed by atoms with E-state index in [-0.39, 0.29) is 5.91 Å². The van der Waals surface area contributed by atoms with E-state index in [0.29, 0.717) is 12.5 Å². The second-order valence-electron chi connectivity index (χ2n) is 4.86. The minimum absolute atomic E-state index is 0.236. The lowest BCUT2D eigenvalue weighted by Crippen LogP contribution is -2.44. The standard InChI is InChI=1S/C14H24N2O/c1-4-8-15(9-5-2)12-14(17)16-10-6-7-13(3)11-16/h4-5,13H,1-2,6-12H2,3H3. The maximum atomic E-state index is 12.1. The van der Waals surface area contributed by atoms with Crippen LogP contribution in [0.15, 0.2) is 25.3 Å². The van der Waals surface area contributed by atoms with E-state index >= 15 is 0 Å². The topological polar surface area (TPSA) is 23.6 Å². The fourth-order valence-corrected chi connectivity index (χ4v) is 2.28. The van der Waals surface area contributed by atoms with Crippen LogP contribution in [0.25, 0.3) is 0 Å². The van der Waals surface area contributed by atoms with E-state index in [1.807, 2.05) is 17.1 Å². The van der Waals surface area contributed by atoms with E-state index in [9.17, 15) is 4.79 Å². The summed E-state index contributed by atoms with van der Waals surface area (Å²) >= 11 is 0. The van der Waals surface area contributed by atoms with Crippen molar-refractivity contribution < 1.29 is 4.79 Å². The van der Waals surface area contributed by atoms with E-state index in [4.69, 9.17) is 0 Å². The molecule has 1 heterocycles. The SMILES string of the molecule is C=CCN(CC=C)CC(=O)N1CCCC(C)C1. The van der Waals surface area contributed by atoms with E-state index < -0.39 is 0 Å². The summed E-state index contributed by atoms with van der Waals surface area (Å²) in [5.41, 5.74) is 0. The van der Waals surface area contributed by atoms with E-state index in [1.165, 1.54) is 6.42 Å².